The largest absolute Gasteiger partial charge is 0.480 e. The van der Waals surface area contributed by atoms with Crippen molar-refractivity contribution in [1.29, 1.82) is 0 Å². The summed E-state index contributed by atoms with van der Waals surface area (Å²) in [6.07, 6.45) is 5.18. The molecule has 2 aromatic heterocycles. The van der Waals surface area contributed by atoms with Gasteiger partial charge in [0.2, 0.25) is 0 Å². The average molecular weight is 528 g/mol. The van der Waals surface area contributed by atoms with Crippen molar-refractivity contribution in [3.63, 3.8) is 0 Å². The number of aliphatic carboxylic acids is 1. The molecule has 0 aliphatic carbocycles. The molecule has 1 fully saturated rings. The number of nitrogen functional groups attached to an aromatic ring is 1. The van der Waals surface area contributed by atoms with Gasteiger partial charge in [0.1, 0.15) is 12.4 Å². The number of urea groups is 1. The molecule has 5 rings (SSSR count). The highest BCUT2D eigenvalue weighted by atomic mass is 16.4. The van der Waals surface area contributed by atoms with Gasteiger partial charge in [0.15, 0.2) is 0 Å². The summed E-state index contributed by atoms with van der Waals surface area (Å²) in [6.45, 7) is 2.57. The maximum Gasteiger partial charge on any atom is 0.323 e. The molecular weight excluding hydrogens is 498 g/mol. The van der Waals surface area contributed by atoms with E-state index in [1.54, 1.807) is 71.9 Å². The van der Waals surface area contributed by atoms with Gasteiger partial charge in [-0.05, 0) is 47.9 Å². The lowest BCUT2D eigenvalue weighted by atomic mass is 10.1. The number of amides is 3. The van der Waals surface area contributed by atoms with E-state index in [9.17, 15) is 14.4 Å². The van der Waals surface area contributed by atoms with Gasteiger partial charge in [0.05, 0.1) is 11.9 Å². The molecule has 11 nitrogen and oxygen atoms in total. The third kappa shape index (κ3) is 6.77. The van der Waals surface area contributed by atoms with Crippen molar-refractivity contribution >= 4 is 45.9 Å². The van der Waals surface area contributed by atoms with Crippen LogP contribution in [0.5, 0.6) is 0 Å². The van der Waals surface area contributed by atoms with Gasteiger partial charge >= 0.3 is 12.0 Å². The van der Waals surface area contributed by atoms with Gasteiger partial charge in [0.25, 0.3) is 5.91 Å². The van der Waals surface area contributed by atoms with Crippen LogP contribution in [0.4, 0.5) is 22.0 Å². The Labute approximate surface area is 225 Å². The van der Waals surface area contributed by atoms with Crippen LogP contribution in [-0.4, -0.2) is 70.6 Å². The molecule has 1 aliphatic heterocycles. The Bertz CT molecular complexity index is 1440. The number of fused-ring (bicyclic) bond motifs is 1. The first kappa shape index (κ1) is 26.9. The Morgan fingerprint density at radius 2 is 1.67 bits per heavy atom. The van der Waals surface area contributed by atoms with Crippen LogP contribution in [0.25, 0.3) is 10.8 Å². The first-order chi connectivity index (χ1) is 18.8. The summed E-state index contributed by atoms with van der Waals surface area (Å²) in [5.74, 6) is -1.17. The highest BCUT2D eigenvalue weighted by Gasteiger charge is 2.21. The van der Waals surface area contributed by atoms with Crippen LogP contribution >= 0.6 is 0 Å². The van der Waals surface area contributed by atoms with Gasteiger partial charge in [-0.15, -0.1) is 0 Å². The average Bonchev–Trinajstić information content (AvgIpc) is 2.97. The number of primary amides is 1. The second-order valence-corrected chi connectivity index (χ2v) is 8.78. The Morgan fingerprint density at radius 3 is 2.31 bits per heavy atom. The number of nitrogens with zero attached hydrogens (tertiary/aromatic N) is 5. The molecule has 2 aromatic carbocycles. The van der Waals surface area contributed by atoms with Crippen LogP contribution in [0.15, 0.2) is 85.3 Å². The monoisotopic (exact) mass is 527 g/mol. The summed E-state index contributed by atoms with van der Waals surface area (Å²) in [5, 5.41) is 10.7. The minimum absolute atomic E-state index is 0.326. The SMILES string of the molecule is NC(=O)N1CCN(c2cccnc2)CC1.Nc1nccc2ccc(C(=O)N(CC(=O)O)c3ccccc3)cc12. The van der Waals surface area contributed by atoms with Crippen LogP contribution in [0.1, 0.15) is 10.4 Å². The fraction of sp³-hybridized carbons (Fsp3) is 0.179. The maximum absolute atomic E-state index is 12.8. The zero-order valence-electron chi connectivity index (χ0n) is 21.2. The number of anilines is 3. The van der Waals surface area contributed by atoms with Crippen LogP contribution in [0, 0.1) is 0 Å². The molecule has 0 bridgehead atoms. The van der Waals surface area contributed by atoms with Crippen molar-refractivity contribution in [2.75, 3.05) is 48.3 Å². The van der Waals surface area contributed by atoms with Crippen LogP contribution in [-0.2, 0) is 4.79 Å². The molecule has 3 heterocycles. The van der Waals surface area contributed by atoms with Crippen LogP contribution < -0.4 is 21.3 Å². The van der Waals surface area contributed by atoms with Gasteiger partial charge in [0, 0.05) is 55.2 Å². The smallest absolute Gasteiger partial charge is 0.323 e. The van der Waals surface area contributed by atoms with Gasteiger partial charge in [-0.3, -0.25) is 19.5 Å². The van der Waals surface area contributed by atoms with Crippen molar-refractivity contribution in [3.8, 4) is 0 Å². The normalized spacial score (nSPS) is 12.8. The number of rotatable bonds is 5. The van der Waals surface area contributed by atoms with Crippen molar-refractivity contribution in [1.82, 2.24) is 14.9 Å². The Kier molecular flexibility index (Phi) is 8.52. The molecule has 4 aromatic rings. The van der Waals surface area contributed by atoms with Crippen molar-refractivity contribution in [2.24, 2.45) is 5.73 Å². The molecule has 1 aliphatic rings. The van der Waals surface area contributed by atoms with E-state index >= 15 is 0 Å². The van der Waals surface area contributed by atoms with Crippen LogP contribution in [0.2, 0.25) is 0 Å². The molecule has 0 saturated carbocycles. The molecule has 0 unspecified atom stereocenters. The van der Waals surface area contributed by atoms with E-state index in [1.807, 2.05) is 18.3 Å². The van der Waals surface area contributed by atoms with Crippen molar-refractivity contribution < 1.29 is 19.5 Å². The number of carboxylic acids is 1. The van der Waals surface area contributed by atoms with Crippen LogP contribution in [0.3, 0.4) is 0 Å². The first-order valence-electron chi connectivity index (χ1n) is 12.3. The quantitative estimate of drug-likeness (QED) is 0.357. The zero-order valence-corrected chi connectivity index (χ0v) is 21.2. The maximum atomic E-state index is 12.8. The summed E-state index contributed by atoms with van der Waals surface area (Å²) in [7, 11) is 0. The number of pyridine rings is 2. The van der Waals surface area contributed by atoms with E-state index in [1.165, 1.54) is 4.90 Å². The number of para-hydroxylation sites is 1. The summed E-state index contributed by atoms with van der Waals surface area (Å²) < 4.78 is 0. The van der Waals surface area contributed by atoms with Gasteiger partial charge < -0.3 is 26.4 Å². The number of aromatic nitrogens is 2. The van der Waals surface area contributed by atoms with Crippen molar-refractivity contribution in [2.45, 2.75) is 0 Å². The lowest BCUT2D eigenvalue weighted by Gasteiger charge is -2.34. The fourth-order valence-electron chi connectivity index (χ4n) is 4.23. The zero-order chi connectivity index (χ0) is 27.8. The Balaban J connectivity index is 0.000000202. The number of hydrogen-bond donors (Lipinski definition) is 3. The summed E-state index contributed by atoms with van der Waals surface area (Å²) in [5.41, 5.74) is 13.0. The lowest BCUT2D eigenvalue weighted by molar-refractivity contribution is -0.135. The Morgan fingerprint density at radius 1 is 0.923 bits per heavy atom. The third-order valence-corrected chi connectivity index (χ3v) is 6.25. The summed E-state index contributed by atoms with van der Waals surface area (Å²) in [4.78, 5) is 48.1. The van der Waals surface area contributed by atoms with Gasteiger partial charge in [-0.25, -0.2) is 9.78 Å². The molecule has 0 radical (unpaired) electrons. The van der Waals surface area contributed by atoms with E-state index < -0.39 is 18.4 Å². The minimum atomic E-state index is -1.09. The predicted molar refractivity (Wildman–Crippen MR) is 150 cm³/mol. The molecule has 3 amide bonds. The number of carbonyl (C=O) groups is 3. The molecule has 5 N–H and O–H groups in total. The lowest BCUT2D eigenvalue weighted by Crippen LogP contribution is -2.50. The molecule has 200 valence electrons. The minimum Gasteiger partial charge on any atom is -0.480 e. The second kappa shape index (κ2) is 12.4. The second-order valence-electron chi connectivity index (χ2n) is 8.78. The number of piperazine rings is 1. The molecule has 11 heteroatoms. The molecule has 39 heavy (non-hydrogen) atoms. The van der Waals surface area contributed by atoms with Crippen molar-refractivity contribution in [3.05, 3.63) is 90.9 Å². The van der Waals surface area contributed by atoms with E-state index in [0.29, 0.717) is 35.5 Å². The molecular formula is C28H29N7O4. The number of benzene rings is 2. The fourth-order valence-corrected chi connectivity index (χ4v) is 4.23. The van der Waals surface area contributed by atoms with E-state index in [2.05, 4.69) is 14.9 Å². The molecule has 0 atom stereocenters. The molecule has 1 saturated heterocycles. The standard InChI is InChI=1S/C18H15N3O3.C10H14N4O/c19-17-15-10-13(7-6-12(15)8-9-20-17)18(24)21(11-16(22)23)14-4-2-1-3-5-14;11-10(15)14-6-4-13(5-7-14)9-2-1-3-12-8-9/h1-10H,11H2,(H2,19,20)(H,22,23);1-3,8H,4-7H2,(H2,11,15). The van der Waals surface area contributed by atoms with E-state index in [0.717, 1.165) is 24.2 Å². The highest BCUT2D eigenvalue weighted by Crippen LogP contribution is 2.23. The number of carbonyl (C=O) groups excluding carboxylic acids is 2. The predicted octanol–water partition coefficient (Wildman–Crippen LogP) is 2.83. The van der Waals surface area contributed by atoms with E-state index in [-0.39, 0.29) is 6.03 Å². The van der Waals surface area contributed by atoms with E-state index in [4.69, 9.17) is 16.6 Å². The molecule has 0 spiro atoms. The van der Waals surface area contributed by atoms with Gasteiger partial charge in [-0.1, -0.05) is 24.3 Å². The summed E-state index contributed by atoms with van der Waals surface area (Å²) >= 11 is 0. The third-order valence-electron chi connectivity index (χ3n) is 6.25. The first-order valence-corrected chi connectivity index (χ1v) is 12.3. The number of hydrogen-bond acceptors (Lipinski definition) is 7. The summed E-state index contributed by atoms with van der Waals surface area (Å²) in [6, 6.07) is 19.1. The topological polar surface area (TPSA) is 159 Å². The highest BCUT2D eigenvalue weighted by molar-refractivity contribution is 6.10. The van der Waals surface area contributed by atoms with Gasteiger partial charge in [-0.2, -0.15) is 0 Å². The Hall–Kier alpha value is -5.19. The number of nitrogens with two attached hydrogens (primary N) is 2. The number of carboxylic acid groups (broad SMARTS) is 1.